The van der Waals surface area contributed by atoms with E-state index in [1.807, 2.05) is 19.9 Å². The van der Waals surface area contributed by atoms with Gasteiger partial charge in [0.2, 0.25) is 0 Å². The van der Waals surface area contributed by atoms with Crippen molar-refractivity contribution >= 4 is 11.6 Å². The molecule has 0 aliphatic rings. The zero-order chi connectivity index (χ0) is 14.4. The summed E-state index contributed by atoms with van der Waals surface area (Å²) in [4.78, 5) is 14.0. The molecule has 0 saturated heterocycles. The van der Waals surface area contributed by atoms with Gasteiger partial charge in [0.15, 0.2) is 0 Å². The van der Waals surface area contributed by atoms with Crippen LogP contribution in [-0.4, -0.2) is 30.4 Å². The van der Waals surface area contributed by atoms with E-state index in [2.05, 4.69) is 5.32 Å². The Balaban J connectivity index is 3.10. The normalized spacial score (nSPS) is 10.1. The number of hydrogen-bond donors (Lipinski definition) is 1. The molecule has 1 aromatic rings. The largest absolute Gasteiger partial charge is 0.385 e. The fourth-order valence-corrected chi connectivity index (χ4v) is 1.88. The van der Waals surface area contributed by atoms with Crippen LogP contribution in [-0.2, 0) is 0 Å². The number of amides is 1. The lowest BCUT2D eigenvalue weighted by molar-refractivity contribution is 0.0711. The van der Waals surface area contributed by atoms with Gasteiger partial charge in [-0.05, 0) is 26.0 Å². The van der Waals surface area contributed by atoms with Crippen LogP contribution in [0.1, 0.15) is 30.6 Å². The van der Waals surface area contributed by atoms with Gasteiger partial charge in [-0.2, -0.15) is 5.26 Å². The van der Waals surface area contributed by atoms with Crippen molar-refractivity contribution in [3.05, 3.63) is 29.6 Å². The number of para-hydroxylation sites is 1. The number of benzene rings is 1. The Morgan fingerprint density at radius 1 is 1.53 bits per heavy atom. The summed E-state index contributed by atoms with van der Waals surface area (Å²) in [5.41, 5.74) is 0.476. The van der Waals surface area contributed by atoms with E-state index >= 15 is 0 Å². The van der Waals surface area contributed by atoms with E-state index in [-0.39, 0.29) is 29.6 Å². The molecule has 0 aromatic heterocycles. The summed E-state index contributed by atoms with van der Waals surface area (Å²) < 4.78 is 13.6. The van der Waals surface area contributed by atoms with E-state index in [9.17, 15) is 9.18 Å². The maximum Gasteiger partial charge on any atom is 0.256 e. The molecule has 0 aliphatic heterocycles. The van der Waals surface area contributed by atoms with Crippen molar-refractivity contribution in [2.75, 3.05) is 18.9 Å². The highest BCUT2D eigenvalue weighted by molar-refractivity contribution is 5.99. The zero-order valence-electron chi connectivity index (χ0n) is 11.4. The van der Waals surface area contributed by atoms with Gasteiger partial charge in [0.05, 0.1) is 23.7 Å². The molecular weight excluding hydrogens is 245 g/mol. The molecule has 5 heteroatoms. The van der Waals surface area contributed by atoms with Gasteiger partial charge in [0, 0.05) is 19.6 Å². The first-order valence-electron chi connectivity index (χ1n) is 6.17. The summed E-state index contributed by atoms with van der Waals surface area (Å²) in [7, 11) is 1.57. The molecule has 0 spiro atoms. The Morgan fingerprint density at radius 3 is 2.74 bits per heavy atom. The van der Waals surface area contributed by atoms with Crippen molar-refractivity contribution in [1.82, 2.24) is 4.90 Å². The van der Waals surface area contributed by atoms with Crippen molar-refractivity contribution in [3.8, 4) is 6.07 Å². The minimum absolute atomic E-state index is 0.0474. The third kappa shape index (κ3) is 3.44. The van der Waals surface area contributed by atoms with E-state index in [0.29, 0.717) is 6.54 Å². The maximum absolute atomic E-state index is 13.6. The predicted molar refractivity (Wildman–Crippen MR) is 72.3 cm³/mol. The summed E-state index contributed by atoms with van der Waals surface area (Å²) in [6.07, 6.45) is 0.258. The molecule has 1 aromatic carbocycles. The number of anilines is 1. The Bertz CT molecular complexity index is 494. The van der Waals surface area contributed by atoms with E-state index in [4.69, 9.17) is 5.26 Å². The van der Waals surface area contributed by atoms with E-state index < -0.39 is 5.82 Å². The topological polar surface area (TPSA) is 56.1 Å². The van der Waals surface area contributed by atoms with Gasteiger partial charge in [0.1, 0.15) is 5.82 Å². The molecule has 4 nitrogen and oxygen atoms in total. The molecule has 0 aliphatic carbocycles. The van der Waals surface area contributed by atoms with Crippen molar-refractivity contribution in [3.63, 3.8) is 0 Å². The summed E-state index contributed by atoms with van der Waals surface area (Å²) >= 11 is 0. The fraction of sp³-hybridized carbons (Fsp3) is 0.429. The Labute approximate surface area is 112 Å². The predicted octanol–water partition coefficient (Wildman–Crippen LogP) is 2.63. The van der Waals surface area contributed by atoms with Crippen LogP contribution in [0.5, 0.6) is 0 Å². The molecule has 102 valence electrons. The highest BCUT2D eigenvalue weighted by Gasteiger charge is 2.22. The minimum Gasteiger partial charge on any atom is -0.385 e. The Hall–Kier alpha value is -2.09. The number of halogens is 1. The number of carbonyl (C=O) groups is 1. The monoisotopic (exact) mass is 263 g/mol. The van der Waals surface area contributed by atoms with Crippen LogP contribution >= 0.6 is 0 Å². The zero-order valence-corrected chi connectivity index (χ0v) is 11.4. The first-order chi connectivity index (χ1) is 9.02. The number of rotatable bonds is 5. The van der Waals surface area contributed by atoms with Crippen LogP contribution in [0.3, 0.4) is 0 Å². The maximum atomic E-state index is 13.6. The first-order valence-corrected chi connectivity index (χ1v) is 6.17. The van der Waals surface area contributed by atoms with Crippen LogP contribution in [0.15, 0.2) is 18.2 Å². The van der Waals surface area contributed by atoms with Crippen molar-refractivity contribution in [1.29, 1.82) is 5.26 Å². The molecule has 19 heavy (non-hydrogen) atoms. The lowest BCUT2D eigenvalue weighted by atomic mass is 10.1. The standard InChI is InChI=1S/C14H18FN3O/c1-10(2)18(9-5-8-16)14(19)11-6-4-7-12(15)13(11)17-3/h4,6-7,10,17H,5,9H2,1-3H3. The lowest BCUT2D eigenvalue weighted by Gasteiger charge is -2.26. The molecule has 0 bridgehead atoms. The molecular formula is C14H18FN3O. The van der Waals surface area contributed by atoms with Crippen LogP contribution < -0.4 is 5.32 Å². The molecule has 0 fully saturated rings. The quantitative estimate of drug-likeness (QED) is 0.888. The lowest BCUT2D eigenvalue weighted by Crippen LogP contribution is -2.38. The number of nitrogens with zero attached hydrogens (tertiary/aromatic N) is 2. The van der Waals surface area contributed by atoms with Crippen LogP contribution in [0.25, 0.3) is 0 Å². The average molecular weight is 263 g/mol. The molecule has 0 saturated carbocycles. The fourth-order valence-electron chi connectivity index (χ4n) is 1.88. The highest BCUT2D eigenvalue weighted by atomic mass is 19.1. The van der Waals surface area contributed by atoms with Gasteiger partial charge in [-0.3, -0.25) is 4.79 Å². The van der Waals surface area contributed by atoms with Gasteiger partial charge in [-0.25, -0.2) is 4.39 Å². The van der Waals surface area contributed by atoms with Gasteiger partial charge >= 0.3 is 0 Å². The molecule has 0 heterocycles. The third-order valence-corrected chi connectivity index (χ3v) is 2.84. The third-order valence-electron chi connectivity index (χ3n) is 2.84. The van der Waals surface area contributed by atoms with Gasteiger partial charge in [-0.15, -0.1) is 0 Å². The summed E-state index contributed by atoms with van der Waals surface area (Å²) in [6, 6.07) is 6.36. The first kappa shape index (κ1) is 15.0. The highest BCUT2D eigenvalue weighted by Crippen LogP contribution is 2.21. The number of nitriles is 1. The molecule has 1 N–H and O–H groups in total. The van der Waals surface area contributed by atoms with E-state index in [1.54, 1.807) is 18.0 Å². The van der Waals surface area contributed by atoms with Gasteiger partial charge < -0.3 is 10.2 Å². The van der Waals surface area contributed by atoms with Crippen LogP contribution in [0.2, 0.25) is 0 Å². The van der Waals surface area contributed by atoms with Crippen molar-refractivity contribution in [2.24, 2.45) is 0 Å². The molecule has 1 rings (SSSR count). The molecule has 0 radical (unpaired) electrons. The second-order valence-corrected chi connectivity index (χ2v) is 4.41. The summed E-state index contributed by atoms with van der Waals surface area (Å²) in [6.45, 7) is 4.08. The smallest absolute Gasteiger partial charge is 0.256 e. The summed E-state index contributed by atoms with van der Waals surface area (Å²) in [5, 5.41) is 11.3. The van der Waals surface area contributed by atoms with Crippen molar-refractivity contribution < 1.29 is 9.18 Å². The van der Waals surface area contributed by atoms with Gasteiger partial charge in [0.25, 0.3) is 5.91 Å². The van der Waals surface area contributed by atoms with Crippen LogP contribution in [0.4, 0.5) is 10.1 Å². The van der Waals surface area contributed by atoms with Crippen molar-refractivity contribution in [2.45, 2.75) is 26.3 Å². The molecule has 0 atom stereocenters. The SMILES string of the molecule is CNc1c(F)cccc1C(=O)N(CCC#N)C(C)C. The van der Waals surface area contributed by atoms with Crippen LogP contribution in [0, 0.1) is 17.1 Å². The number of carbonyl (C=O) groups excluding carboxylic acids is 1. The van der Waals surface area contributed by atoms with E-state index in [0.717, 1.165) is 0 Å². The second kappa shape index (κ2) is 6.74. The number of hydrogen-bond acceptors (Lipinski definition) is 3. The average Bonchev–Trinajstić information content (AvgIpc) is 2.38. The number of nitrogens with one attached hydrogen (secondary N) is 1. The molecule has 1 amide bonds. The van der Waals surface area contributed by atoms with E-state index in [1.165, 1.54) is 12.1 Å². The Kier molecular flexibility index (Phi) is 5.31. The summed E-state index contributed by atoms with van der Waals surface area (Å²) in [5.74, 6) is -0.730. The Morgan fingerprint density at radius 2 is 2.21 bits per heavy atom. The minimum atomic E-state index is -0.461. The molecule has 0 unspecified atom stereocenters. The van der Waals surface area contributed by atoms with Gasteiger partial charge in [-0.1, -0.05) is 6.07 Å². The second-order valence-electron chi connectivity index (χ2n) is 4.41.